The van der Waals surface area contributed by atoms with Gasteiger partial charge in [-0.3, -0.25) is 15.7 Å². The number of halogens is 1. The first-order valence-corrected chi connectivity index (χ1v) is 10.3. The summed E-state index contributed by atoms with van der Waals surface area (Å²) in [5.74, 6) is 4.89. The number of pyridine rings is 1. The molecule has 11 heteroatoms. The maximum atomic E-state index is 14.8. The van der Waals surface area contributed by atoms with Gasteiger partial charge in [-0.05, 0) is 38.2 Å². The number of carbonyl (C=O) groups is 2. The van der Waals surface area contributed by atoms with Crippen molar-refractivity contribution in [3.8, 4) is 11.1 Å². The van der Waals surface area contributed by atoms with Gasteiger partial charge in [-0.1, -0.05) is 6.07 Å². The number of hydrogen-bond donors (Lipinski definition) is 5. The van der Waals surface area contributed by atoms with Gasteiger partial charge in [0.1, 0.15) is 18.2 Å². The van der Waals surface area contributed by atoms with Crippen LogP contribution >= 0.6 is 0 Å². The molecule has 0 aliphatic carbocycles. The molecular formula is C22H30FN7O3. The average Bonchev–Trinajstić information content (AvgIpc) is 3.18. The number of likely N-dealkylation sites (N-methyl/N-ethyl adjacent to an activating group) is 1. The van der Waals surface area contributed by atoms with E-state index >= 15 is 0 Å². The molecule has 1 unspecified atom stereocenters. The standard InChI is InChI=1S/C20H26FN7O2.C2H4O/c1-24-11-17-12-28(20(29)30-17)16-4-5-18(19(21)6-16)13-2-3-14(26-8-13)9-25-10-15(7-22)27-23;1-2-3/h2-8,17,24-25,27H,9-12,22-23H2,1H3;2H,1H3/b15-7-;. The topological polar surface area (TPSA) is 148 Å². The SMILES string of the molecule is CC=O.CNCC1CN(c2ccc(-c3ccc(CNC/C(=C/N)NN)nc3)c(F)c2)C(=O)O1. The summed E-state index contributed by atoms with van der Waals surface area (Å²) in [6.07, 6.45) is 3.02. The molecule has 1 fully saturated rings. The number of aromatic nitrogens is 1. The van der Waals surface area contributed by atoms with Crippen LogP contribution in [0.2, 0.25) is 0 Å². The van der Waals surface area contributed by atoms with E-state index in [0.717, 1.165) is 12.0 Å². The highest BCUT2D eigenvalue weighted by molar-refractivity contribution is 5.90. The fourth-order valence-electron chi connectivity index (χ4n) is 3.14. The zero-order valence-electron chi connectivity index (χ0n) is 18.7. The molecule has 7 N–H and O–H groups in total. The monoisotopic (exact) mass is 459 g/mol. The smallest absolute Gasteiger partial charge is 0.414 e. The second kappa shape index (κ2) is 13.1. The molecule has 1 amide bonds. The van der Waals surface area contributed by atoms with Crippen molar-refractivity contribution in [3.05, 3.63) is 59.9 Å². The molecule has 2 heterocycles. The first-order chi connectivity index (χ1) is 16.0. The number of nitrogens with zero attached hydrogens (tertiary/aromatic N) is 2. The Morgan fingerprint density at radius 2 is 2.12 bits per heavy atom. The third kappa shape index (κ3) is 7.24. The number of nitrogens with one attached hydrogen (secondary N) is 3. The number of benzene rings is 1. The summed E-state index contributed by atoms with van der Waals surface area (Å²) in [5, 5.41) is 6.11. The normalized spacial score (nSPS) is 15.5. The zero-order chi connectivity index (χ0) is 24.2. The van der Waals surface area contributed by atoms with Crippen LogP contribution in [-0.4, -0.2) is 50.1 Å². The number of hydrogen-bond acceptors (Lipinski definition) is 9. The number of amides is 1. The van der Waals surface area contributed by atoms with Crippen LogP contribution < -0.4 is 32.5 Å². The van der Waals surface area contributed by atoms with Crippen LogP contribution in [0, 0.1) is 5.82 Å². The Hall–Kier alpha value is -3.54. The summed E-state index contributed by atoms with van der Waals surface area (Å²) >= 11 is 0. The van der Waals surface area contributed by atoms with Gasteiger partial charge in [-0.15, -0.1) is 0 Å². The maximum Gasteiger partial charge on any atom is 0.414 e. The van der Waals surface area contributed by atoms with Gasteiger partial charge in [0.15, 0.2) is 0 Å². The molecule has 0 bridgehead atoms. The van der Waals surface area contributed by atoms with E-state index in [1.807, 2.05) is 6.07 Å². The second-order valence-corrected chi connectivity index (χ2v) is 7.05. The first-order valence-electron chi connectivity index (χ1n) is 10.3. The van der Waals surface area contributed by atoms with Crippen LogP contribution in [0.5, 0.6) is 0 Å². The lowest BCUT2D eigenvalue weighted by molar-refractivity contribution is -0.106. The van der Waals surface area contributed by atoms with E-state index in [1.165, 1.54) is 24.1 Å². The van der Waals surface area contributed by atoms with Gasteiger partial charge in [0.2, 0.25) is 0 Å². The Balaban J connectivity index is 0.00000122. The summed E-state index contributed by atoms with van der Waals surface area (Å²) < 4.78 is 20.0. The van der Waals surface area contributed by atoms with Crippen molar-refractivity contribution in [2.24, 2.45) is 11.6 Å². The predicted octanol–water partition coefficient (Wildman–Crippen LogP) is 0.991. The Morgan fingerprint density at radius 1 is 1.36 bits per heavy atom. The van der Waals surface area contributed by atoms with Gasteiger partial charge in [-0.25, -0.2) is 9.18 Å². The molecule has 0 saturated carbocycles. The van der Waals surface area contributed by atoms with Gasteiger partial charge < -0.3 is 31.3 Å². The van der Waals surface area contributed by atoms with Gasteiger partial charge >= 0.3 is 6.09 Å². The molecule has 1 aliphatic heterocycles. The third-order valence-corrected chi connectivity index (χ3v) is 4.71. The molecule has 0 spiro atoms. The number of hydrazine groups is 1. The first kappa shape index (κ1) is 25.7. The second-order valence-electron chi connectivity index (χ2n) is 7.05. The largest absolute Gasteiger partial charge is 0.443 e. The lowest BCUT2D eigenvalue weighted by Gasteiger charge is -2.14. The summed E-state index contributed by atoms with van der Waals surface area (Å²) in [5.41, 5.74) is 10.9. The summed E-state index contributed by atoms with van der Waals surface area (Å²) in [4.78, 5) is 26.6. The minimum Gasteiger partial charge on any atom is -0.443 e. The number of anilines is 1. The molecule has 1 aromatic carbocycles. The predicted molar refractivity (Wildman–Crippen MR) is 124 cm³/mol. The van der Waals surface area contributed by atoms with Crippen LogP contribution in [0.25, 0.3) is 11.1 Å². The maximum absolute atomic E-state index is 14.8. The fraction of sp³-hybridized carbons (Fsp3) is 0.318. The highest BCUT2D eigenvalue weighted by Gasteiger charge is 2.32. The van der Waals surface area contributed by atoms with Crippen LogP contribution in [0.15, 0.2) is 48.4 Å². The molecule has 1 atom stereocenters. The van der Waals surface area contributed by atoms with Crippen molar-refractivity contribution in [2.45, 2.75) is 19.6 Å². The molecule has 0 radical (unpaired) electrons. The van der Waals surface area contributed by atoms with Crippen molar-refractivity contribution in [1.82, 2.24) is 21.0 Å². The van der Waals surface area contributed by atoms with Crippen molar-refractivity contribution in [2.75, 3.05) is 31.6 Å². The van der Waals surface area contributed by atoms with E-state index < -0.39 is 11.9 Å². The summed E-state index contributed by atoms with van der Waals surface area (Å²) in [6, 6.07) is 8.31. The fourth-order valence-corrected chi connectivity index (χ4v) is 3.14. The van der Waals surface area contributed by atoms with Gasteiger partial charge in [0, 0.05) is 43.2 Å². The minimum atomic E-state index is -0.474. The molecule has 1 aliphatic rings. The molecule has 1 aromatic heterocycles. The molecule has 3 rings (SSSR count). The van der Waals surface area contributed by atoms with Crippen molar-refractivity contribution in [1.29, 1.82) is 0 Å². The molecular weight excluding hydrogens is 429 g/mol. The van der Waals surface area contributed by atoms with E-state index in [1.54, 1.807) is 31.4 Å². The van der Waals surface area contributed by atoms with Crippen molar-refractivity contribution < 1.29 is 18.7 Å². The third-order valence-electron chi connectivity index (χ3n) is 4.71. The van der Waals surface area contributed by atoms with Crippen LogP contribution in [0.1, 0.15) is 12.6 Å². The number of nitrogens with two attached hydrogens (primary N) is 2. The lowest BCUT2D eigenvalue weighted by atomic mass is 10.1. The Labute approximate surface area is 192 Å². The lowest BCUT2D eigenvalue weighted by Crippen LogP contribution is -2.30. The quantitative estimate of drug-likeness (QED) is 0.210. The van der Waals surface area contributed by atoms with Gasteiger partial charge in [0.25, 0.3) is 0 Å². The Kier molecular flexibility index (Phi) is 10.2. The number of carbonyl (C=O) groups excluding carboxylic acids is 2. The van der Waals surface area contributed by atoms with E-state index in [2.05, 4.69) is 21.0 Å². The highest BCUT2D eigenvalue weighted by Crippen LogP contribution is 2.28. The molecule has 10 nitrogen and oxygen atoms in total. The molecule has 33 heavy (non-hydrogen) atoms. The highest BCUT2D eigenvalue weighted by atomic mass is 19.1. The number of cyclic esters (lactones) is 1. The van der Waals surface area contributed by atoms with E-state index in [0.29, 0.717) is 48.7 Å². The Bertz CT molecular complexity index is 954. The van der Waals surface area contributed by atoms with Crippen LogP contribution in [-0.2, 0) is 16.1 Å². The van der Waals surface area contributed by atoms with E-state index in [-0.39, 0.29) is 6.10 Å². The van der Waals surface area contributed by atoms with Gasteiger partial charge in [0.05, 0.1) is 23.6 Å². The molecule has 2 aromatic rings. The summed E-state index contributed by atoms with van der Waals surface area (Å²) in [7, 11) is 1.78. The number of ether oxygens (including phenoxy) is 1. The zero-order valence-corrected chi connectivity index (χ0v) is 18.7. The Morgan fingerprint density at radius 3 is 2.70 bits per heavy atom. The average molecular weight is 460 g/mol. The van der Waals surface area contributed by atoms with E-state index in [9.17, 15) is 9.18 Å². The van der Waals surface area contributed by atoms with Crippen molar-refractivity contribution in [3.63, 3.8) is 0 Å². The van der Waals surface area contributed by atoms with E-state index in [4.69, 9.17) is 21.1 Å². The number of aldehydes is 1. The summed E-state index contributed by atoms with van der Waals surface area (Å²) in [6.45, 7) is 3.34. The van der Waals surface area contributed by atoms with Crippen molar-refractivity contribution >= 4 is 18.1 Å². The van der Waals surface area contributed by atoms with Crippen LogP contribution in [0.3, 0.4) is 0 Å². The van der Waals surface area contributed by atoms with Gasteiger partial charge in [-0.2, -0.15) is 0 Å². The van der Waals surface area contributed by atoms with Crippen LogP contribution in [0.4, 0.5) is 14.9 Å². The molecule has 178 valence electrons. The molecule has 1 saturated heterocycles. The number of rotatable bonds is 9. The minimum absolute atomic E-state index is 0.257.